The Morgan fingerprint density at radius 3 is 2.86 bits per heavy atom. The fourth-order valence-electron chi connectivity index (χ4n) is 0.986. The molecule has 0 saturated heterocycles. The predicted octanol–water partition coefficient (Wildman–Crippen LogP) is 0.936. The van der Waals surface area contributed by atoms with Crippen LogP contribution in [0.1, 0.15) is 12.5 Å². The number of likely N-dealkylation sites (N-methyl/N-ethyl adjacent to an activating group) is 1. The molecule has 1 unspecified atom stereocenters. The lowest BCUT2D eigenvalue weighted by atomic mass is 10.2. The van der Waals surface area contributed by atoms with Gasteiger partial charge >= 0.3 is 0 Å². The Bertz CT molecular complexity index is 325. The number of amides is 1. The van der Waals surface area contributed by atoms with E-state index in [-0.39, 0.29) is 11.9 Å². The minimum Gasteiger partial charge on any atom is -0.324 e. The monoisotopic (exact) mass is 193 g/mol. The van der Waals surface area contributed by atoms with Crippen molar-refractivity contribution in [2.45, 2.75) is 19.9 Å². The summed E-state index contributed by atoms with van der Waals surface area (Å²) in [6, 6.07) is 1.60. The summed E-state index contributed by atoms with van der Waals surface area (Å²) >= 11 is 0. The molecule has 1 aromatic heterocycles. The van der Waals surface area contributed by atoms with Crippen molar-refractivity contribution < 1.29 is 4.79 Å². The Balaban J connectivity index is 2.70. The second kappa shape index (κ2) is 4.72. The van der Waals surface area contributed by atoms with Crippen LogP contribution in [0.4, 0.5) is 5.69 Å². The van der Waals surface area contributed by atoms with Crippen molar-refractivity contribution in [2.24, 2.45) is 0 Å². The van der Waals surface area contributed by atoms with Gasteiger partial charge in [-0.05, 0) is 32.5 Å². The van der Waals surface area contributed by atoms with Crippen LogP contribution >= 0.6 is 0 Å². The second-order valence-corrected chi connectivity index (χ2v) is 3.19. The van der Waals surface area contributed by atoms with E-state index in [9.17, 15) is 4.79 Å². The van der Waals surface area contributed by atoms with Gasteiger partial charge in [0.1, 0.15) is 0 Å². The first-order chi connectivity index (χ1) is 6.65. The van der Waals surface area contributed by atoms with Gasteiger partial charge in [-0.15, -0.1) is 0 Å². The second-order valence-electron chi connectivity index (χ2n) is 3.19. The Morgan fingerprint density at radius 2 is 2.29 bits per heavy atom. The van der Waals surface area contributed by atoms with Crippen molar-refractivity contribution >= 4 is 11.6 Å². The fourth-order valence-corrected chi connectivity index (χ4v) is 0.986. The number of nitrogens with zero attached hydrogens (tertiary/aromatic N) is 1. The third-order valence-corrected chi connectivity index (χ3v) is 2.10. The lowest BCUT2D eigenvalue weighted by molar-refractivity contribution is -0.117. The average molecular weight is 193 g/mol. The molecule has 2 N–H and O–H groups in total. The van der Waals surface area contributed by atoms with Gasteiger partial charge < -0.3 is 10.6 Å². The van der Waals surface area contributed by atoms with Crippen molar-refractivity contribution in [3.05, 3.63) is 24.0 Å². The van der Waals surface area contributed by atoms with E-state index in [0.717, 1.165) is 11.3 Å². The highest BCUT2D eigenvalue weighted by Gasteiger charge is 2.10. The van der Waals surface area contributed by atoms with Crippen molar-refractivity contribution in [1.82, 2.24) is 10.3 Å². The first-order valence-corrected chi connectivity index (χ1v) is 4.54. The molecule has 0 fully saturated rings. The van der Waals surface area contributed by atoms with Gasteiger partial charge in [-0.25, -0.2) is 0 Å². The smallest absolute Gasteiger partial charge is 0.241 e. The zero-order chi connectivity index (χ0) is 10.6. The number of aromatic nitrogens is 1. The lowest BCUT2D eigenvalue weighted by Crippen LogP contribution is -2.35. The molecule has 1 atom stereocenters. The minimum atomic E-state index is -0.192. The Morgan fingerprint density at radius 1 is 1.57 bits per heavy atom. The number of hydrogen-bond acceptors (Lipinski definition) is 3. The van der Waals surface area contributed by atoms with Crippen LogP contribution in [-0.2, 0) is 4.79 Å². The van der Waals surface area contributed by atoms with Crippen molar-refractivity contribution in [3.63, 3.8) is 0 Å². The van der Waals surface area contributed by atoms with E-state index < -0.39 is 0 Å². The Kier molecular flexibility index (Phi) is 3.59. The molecule has 1 amide bonds. The third-order valence-electron chi connectivity index (χ3n) is 2.10. The number of pyridine rings is 1. The van der Waals surface area contributed by atoms with Gasteiger partial charge in [0.05, 0.1) is 6.04 Å². The van der Waals surface area contributed by atoms with Gasteiger partial charge in [0.25, 0.3) is 0 Å². The molecule has 1 rings (SSSR count). The molecule has 0 spiro atoms. The summed E-state index contributed by atoms with van der Waals surface area (Å²) in [6.45, 7) is 3.72. The van der Waals surface area contributed by atoms with Crippen LogP contribution in [-0.4, -0.2) is 24.0 Å². The van der Waals surface area contributed by atoms with E-state index in [1.807, 2.05) is 13.8 Å². The molecule has 76 valence electrons. The van der Waals surface area contributed by atoms with E-state index in [1.165, 1.54) is 0 Å². The van der Waals surface area contributed by atoms with Crippen LogP contribution in [0.2, 0.25) is 0 Å². The summed E-state index contributed by atoms with van der Waals surface area (Å²) in [4.78, 5) is 15.5. The molecule has 4 nitrogen and oxygen atoms in total. The molecule has 0 aliphatic carbocycles. The molecule has 0 saturated carbocycles. The number of nitrogens with one attached hydrogen (secondary N) is 2. The average Bonchev–Trinajstić information content (AvgIpc) is 2.20. The molecular formula is C10H15N3O. The molecule has 1 aromatic rings. The van der Waals surface area contributed by atoms with Gasteiger partial charge in [0.15, 0.2) is 0 Å². The van der Waals surface area contributed by atoms with Gasteiger partial charge in [-0.1, -0.05) is 0 Å². The van der Waals surface area contributed by atoms with Gasteiger partial charge in [0, 0.05) is 18.1 Å². The number of anilines is 1. The Hall–Kier alpha value is -1.42. The summed E-state index contributed by atoms with van der Waals surface area (Å²) in [6.07, 6.45) is 3.38. The van der Waals surface area contributed by atoms with E-state index in [2.05, 4.69) is 15.6 Å². The maximum absolute atomic E-state index is 11.5. The first kappa shape index (κ1) is 10.7. The number of carbonyl (C=O) groups is 1. The summed E-state index contributed by atoms with van der Waals surface area (Å²) in [7, 11) is 1.75. The standard InChI is InChI=1S/C10H15N3O/c1-7-6-12-5-4-9(7)13-10(14)8(2)11-3/h4-6,8,11H,1-3H3,(H,12,13,14). The van der Waals surface area contributed by atoms with E-state index in [4.69, 9.17) is 0 Å². The van der Waals surface area contributed by atoms with E-state index >= 15 is 0 Å². The summed E-state index contributed by atoms with van der Waals surface area (Å²) < 4.78 is 0. The number of aryl methyl sites for hydroxylation is 1. The highest BCUT2D eigenvalue weighted by atomic mass is 16.2. The third kappa shape index (κ3) is 2.53. The summed E-state index contributed by atoms with van der Waals surface area (Å²) in [5.74, 6) is -0.0400. The van der Waals surface area contributed by atoms with Crippen LogP contribution in [0.5, 0.6) is 0 Å². The fraction of sp³-hybridized carbons (Fsp3) is 0.400. The molecule has 0 bridgehead atoms. The highest BCUT2D eigenvalue weighted by Crippen LogP contribution is 2.11. The maximum atomic E-state index is 11.5. The van der Waals surface area contributed by atoms with Crippen LogP contribution in [0.15, 0.2) is 18.5 Å². The van der Waals surface area contributed by atoms with Crippen LogP contribution in [0.25, 0.3) is 0 Å². The molecule has 14 heavy (non-hydrogen) atoms. The largest absolute Gasteiger partial charge is 0.324 e. The summed E-state index contributed by atoms with van der Waals surface area (Å²) in [5.41, 5.74) is 1.77. The molecule has 0 aliphatic heterocycles. The van der Waals surface area contributed by atoms with E-state index in [0.29, 0.717) is 0 Å². The molecule has 0 aliphatic rings. The zero-order valence-electron chi connectivity index (χ0n) is 8.66. The number of rotatable bonds is 3. The molecule has 4 heteroatoms. The van der Waals surface area contributed by atoms with Gasteiger partial charge in [-0.2, -0.15) is 0 Å². The maximum Gasteiger partial charge on any atom is 0.241 e. The van der Waals surface area contributed by atoms with Crippen LogP contribution in [0, 0.1) is 6.92 Å². The van der Waals surface area contributed by atoms with E-state index in [1.54, 1.807) is 25.5 Å². The van der Waals surface area contributed by atoms with Crippen molar-refractivity contribution in [1.29, 1.82) is 0 Å². The normalized spacial score (nSPS) is 12.2. The van der Waals surface area contributed by atoms with Gasteiger partial charge in [-0.3, -0.25) is 9.78 Å². The summed E-state index contributed by atoms with van der Waals surface area (Å²) in [5, 5.41) is 5.70. The molecular weight excluding hydrogens is 178 g/mol. The molecule has 0 aromatic carbocycles. The quantitative estimate of drug-likeness (QED) is 0.751. The molecule has 1 heterocycles. The predicted molar refractivity (Wildman–Crippen MR) is 56.1 cm³/mol. The van der Waals surface area contributed by atoms with Gasteiger partial charge in [0.2, 0.25) is 5.91 Å². The first-order valence-electron chi connectivity index (χ1n) is 4.54. The lowest BCUT2D eigenvalue weighted by Gasteiger charge is -2.12. The van der Waals surface area contributed by atoms with Crippen molar-refractivity contribution in [3.8, 4) is 0 Å². The highest BCUT2D eigenvalue weighted by molar-refractivity contribution is 5.95. The van der Waals surface area contributed by atoms with Crippen LogP contribution < -0.4 is 10.6 Å². The van der Waals surface area contributed by atoms with Crippen LogP contribution in [0.3, 0.4) is 0 Å². The number of hydrogen-bond donors (Lipinski definition) is 2. The SMILES string of the molecule is CNC(C)C(=O)Nc1ccncc1C. The minimum absolute atomic E-state index is 0.0400. The molecule has 0 radical (unpaired) electrons. The topological polar surface area (TPSA) is 54.0 Å². The zero-order valence-corrected chi connectivity index (χ0v) is 8.66. The Labute approximate surface area is 83.7 Å². The number of carbonyl (C=O) groups excluding carboxylic acids is 1. The van der Waals surface area contributed by atoms with Crippen molar-refractivity contribution in [2.75, 3.05) is 12.4 Å².